The lowest BCUT2D eigenvalue weighted by Gasteiger charge is -2.25. The van der Waals surface area contributed by atoms with Crippen LogP contribution in [0.1, 0.15) is 23.1 Å². The van der Waals surface area contributed by atoms with E-state index in [1.807, 2.05) is 60.7 Å². The molecule has 0 aromatic heterocycles. The summed E-state index contributed by atoms with van der Waals surface area (Å²) in [6.07, 6.45) is 0.110. The van der Waals surface area contributed by atoms with Crippen molar-refractivity contribution < 1.29 is 14.0 Å². The number of hydrogen-bond acceptors (Lipinski definition) is 3. The van der Waals surface area contributed by atoms with Crippen molar-refractivity contribution in [2.45, 2.75) is 25.6 Å². The summed E-state index contributed by atoms with van der Waals surface area (Å²) in [6, 6.07) is 25.9. The van der Waals surface area contributed by atoms with Gasteiger partial charge in [0.05, 0.1) is 12.3 Å². The first-order valence-electron chi connectivity index (χ1n) is 10.3. The fourth-order valence-electron chi connectivity index (χ4n) is 3.53. The number of benzene rings is 3. The fourth-order valence-corrected chi connectivity index (χ4v) is 3.53. The van der Waals surface area contributed by atoms with Gasteiger partial charge in [-0.15, -0.1) is 0 Å². The smallest absolute Gasteiger partial charge is 0.318 e. The molecule has 1 N–H and O–H groups in total. The molecule has 2 amide bonds. The van der Waals surface area contributed by atoms with E-state index in [0.717, 1.165) is 11.1 Å². The largest absolute Gasteiger partial charge is 0.390 e. The van der Waals surface area contributed by atoms with Crippen LogP contribution in [0.2, 0.25) is 0 Å². The molecule has 4 rings (SSSR count). The zero-order valence-electron chi connectivity index (χ0n) is 17.1. The zero-order valence-corrected chi connectivity index (χ0v) is 17.1. The van der Waals surface area contributed by atoms with Gasteiger partial charge in [0, 0.05) is 25.1 Å². The molecule has 0 radical (unpaired) electrons. The van der Waals surface area contributed by atoms with Crippen LogP contribution in [0.3, 0.4) is 0 Å². The Balaban J connectivity index is 1.42. The number of rotatable bonds is 7. The van der Waals surface area contributed by atoms with Gasteiger partial charge in [0.2, 0.25) is 0 Å². The van der Waals surface area contributed by atoms with E-state index in [9.17, 15) is 9.18 Å². The molecule has 158 valence electrons. The van der Waals surface area contributed by atoms with E-state index in [4.69, 9.17) is 4.84 Å². The molecule has 0 fully saturated rings. The van der Waals surface area contributed by atoms with Gasteiger partial charge < -0.3 is 15.1 Å². The third-order valence-corrected chi connectivity index (χ3v) is 5.13. The van der Waals surface area contributed by atoms with Crippen LogP contribution in [-0.2, 0) is 17.9 Å². The Morgan fingerprint density at radius 3 is 2.32 bits per heavy atom. The van der Waals surface area contributed by atoms with Crippen LogP contribution in [0.5, 0.6) is 0 Å². The first-order valence-corrected chi connectivity index (χ1v) is 10.3. The normalized spacial score (nSPS) is 15.1. The Morgan fingerprint density at radius 1 is 0.968 bits per heavy atom. The molecule has 0 saturated heterocycles. The number of carbonyl (C=O) groups is 1. The molecule has 3 aromatic carbocycles. The number of hydrogen-bond donors (Lipinski definition) is 1. The fraction of sp³-hybridized carbons (Fsp3) is 0.200. The summed E-state index contributed by atoms with van der Waals surface area (Å²) in [6.45, 7) is 1.22. The third-order valence-electron chi connectivity index (χ3n) is 5.13. The van der Waals surface area contributed by atoms with Gasteiger partial charge in [-0.2, -0.15) is 0 Å². The van der Waals surface area contributed by atoms with E-state index in [1.165, 1.54) is 6.07 Å². The molecule has 0 aliphatic carbocycles. The van der Waals surface area contributed by atoms with E-state index in [1.54, 1.807) is 23.1 Å². The maximum Gasteiger partial charge on any atom is 0.318 e. The Hall–Kier alpha value is -3.67. The topological polar surface area (TPSA) is 53.9 Å². The van der Waals surface area contributed by atoms with Crippen molar-refractivity contribution in [2.24, 2.45) is 5.16 Å². The molecule has 0 spiro atoms. The molecule has 1 aliphatic rings. The van der Waals surface area contributed by atoms with Crippen LogP contribution in [-0.4, -0.2) is 29.3 Å². The van der Waals surface area contributed by atoms with Crippen LogP contribution < -0.4 is 5.32 Å². The van der Waals surface area contributed by atoms with Crippen molar-refractivity contribution in [3.63, 3.8) is 0 Å². The Labute approximate surface area is 181 Å². The number of oxime groups is 1. The summed E-state index contributed by atoms with van der Waals surface area (Å²) < 4.78 is 14.1. The molecular formula is C25H24FN3O2. The van der Waals surface area contributed by atoms with Gasteiger partial charge in [0.15, 0.2) is 6.10 Å². The Kier molecular flexibility index (Phi) is 6.57. The predicted octanol–water partition coefficient (Wildman–Crippen LogP) is 4.73. The van der Waals surface area contributed by atoms with Gasteiger partial charge in [-0.05, 0) is 17.2 Å². The van der Waals surface area contributed by atoms with Crippen LogP contribution >= 0.6 is 0 Å². The van der Waals surface area contributed by atoms with Gasteiger partial charge in [-0.25, -0.2) is 9.18 Å². The molecule has 31 heavy (non-hydrogen) atoms. The molecule has 3 aromatic rings. The predicted molar refractivity (Wildman–Crippen MR) is 118 cm³/mol. The molecule has 1 atom stereocenters. The molecule has 1 heterocycles. The average molecular weight is 417 g/mol. The maximum atomic E-state index is 14.1. The van der Waals surface area contributed by atoms with E-state index in [2.05, 4.69) is 10.5 Å². The summed E-state index contributed by atoms with van der Waals surface area (Å²) >= 11 is 0. The number of amides is 2. The Morgan fingerprint density at radius 2 is 1.61 bits per heavy atom. The SMILES string of the molecule is O=C(NCc1ccccc1)N(Cc1ccccc1)C[C@@H]1CC(c2ccccc2F)=NO1. The number of urea groups is 1. The van der Waals surface area contributed by atoms with Gasteiger partial charge in [0.1, 0.15) is 5.82 Å². The summed E-state index contributed by atoms with van der Waals surface area (Å²) in [5.74, 6) is -0.327. The van der Waals surface area contributed by atoms with Crippen molar-refractivity contribution in [1.29, 1.82) is 0 Å². The maximum absolute atomic E-state index is 14.1. The number of nitrogens with one attached hydrogen (secondary N) is 1. The lowest BCUT2D eigenvalue weighted by Crippen LogP contribution is -2.43. The minimum Gasteiger partial charge on any atom is -0.390 e. The first kappa shape index (κ1) is 20.6. The second-order valence-electron chi connectivity index (χ2n) is 7.46. The molecular weight excluding hydrogens is 393 g/mol. The van der Waals surface area contributed by atoms with E-state index in [0.29, 0.717) is 37.3 Å². The van der Waals surface area contributed by atoms with Crippen LogP contribution in [0, 0.1) is 5.82 Å². The number of nitrogens with zero attached hydrogens (tertiary/aromatic N) is 2. The van der Waals surface area contributed by atoms with Crippen LogP contribution in [0.25, 0.3) is 0 Å². The Bertz CT molecular complexity index is 1040. The minimum absolute atomic E-state index is 0.185. The van der Waals surface area contributed by atoms with Gasteiger partial charge >= 0.3 is 6.03 Å². The number of halogens is 1. The summed E-state index contributed by atoms with van der Waals surface area (Å²) in [5, 5.41) is 7.06. The summed E-state index contributed by atoms with van der Waals surface area (Å²) in [5.41, 5.74) is 3.05. The molecule has 0 bridgehead atoms. The van der Waals surface area contributed by atoms with E-state index >= 15 is 0 Å². The van der Waals surface area contributed by atoms with Crippen molar-refractivity contribution in [1.82, 2.24) is 10.2 Å². The van der Waals surface area contributed by atoms with Crippen LogP contribution in [0.4, 0.5) is 9.18 Å². The third kappa shape index (κ3) is 5.48. The van der Waals surface area contributed by atoms with Crippen molar-refractivity contribution in [3.8, 4) is 0 Å². The van der Waals surface area contributed by atoms with Crippen molar-refractivity contribution >= 4 is 11.7 Å². The highest BCUT2D eigenvalue weighted by atomic mass is 19.1. The first-order chi connectivity index (χ1) is 15.2. The van der Waals surface area contributed by atoms with Gasteiger partial charge in [0.25, 0.3) is 0 Å². The van der Waals surface area contributed by atoms with E-state index in [-0.39, 0.29) is 18.0 Å². The van der Waals surface area contributed by atoms with Crippen molar-refractivity contribution in [3.05, 3.63) is 107 Å². The highest BCUT2D eigenvalue weighted by Gasteiger charge is 2.28. The second-order valence-corrected chi connectivity index (χ2v) is 7.46. The highest BCUT2D eigenvalue weighted by Crippen LogP contribution is 2.20. The lowest BCUT2D eigenvalue weighted by atomic mass is 10.0. The molecule has 0 saturated carbocycles. The van der Waals surface area contributed by atoms with Crippen molar-refractivity contribution in [2.75, 3.05) is 6.54 Å². The lowest BCUT2D eigenvalue weighted by molar-refractivity contribution is 0.0589. The second kappa shape index (κ2) is 9.89. The molecule has 0 unspecified atom stereocenters. The van der Waals surface area contributed by atoms with Gasteiger partial charge in [-0.3, -0.25) is 0 Å². The quantitative estimate of drug-likeness (QED) is 0.604. The zero-order chi connectivity index (χ0) is 21.5. The minimum atomic E-state index is -0.333. The monoisotopic (exact) mass is 417 g/mol. The van der Waals surface area contributed by atoms with Crippen LogP contribution in [0.15, 0.2) is 90.1 Å². The summed E-state index contributed by atoms with van der Waals surface area (Å²) in [4.78, 5) is 20.2. The standard InChI is InChI=1S/C25H24FN3O2/c26-23-14-8-7-13-22(23)24-15-21(31-28-24)18-29(17-20-11-5-2-6-12-20)25(30)27-16-19-9-3-1-4-10-19/h1-14,21H,15-18H2,(H,27,30)/t21-/m0/s1. The summed E-state index contributed by atoms with van der Waals surface area (Å²) in [7, 11) is 0. The molecule has 1 aliphatic heterocycles. The van der Waals surface area contributed by atoms with Gasteiger partial charge in [-0.1, -0.05) is 84.0 Å². The van der Waals surface area contributed by atoms with E-state index < -0.39 is 0 Å². The average Bonchev–Trinajstić information content (AvgIpc) is 3.27. The highest BCUT2D eigenvalue weighted by molar-refractivity contribution is 6.01. The molecule has 5 nitrogen and oxygen atoms in total. The molecule has 6 heteroatoms. The number of carbonyl (C=O) groups excluding carboxylic acids is 1.